The Balaban J connectivity index is 1.52. The van der Waals surface area contributed by atoms with E-state index in [-0.39, 0.29) is 5.91 Å². The molecule has 27 heavy (non-hydrogen) atoms. The molecule has 7 heteroatoms. The van der Waals surface area contributed by atoms with Gasteiger partial charge in [-0.2, -0.15) is 0 Å². The molecule has 1 aromatic carbocycles. The Morgan fingerprint density at radius 3 is 2.78 bits per heavy atom. The number of rotatable bonds is 8. The topological polar surface area (TPSA) is 60.0 Å². The molecule has 2 aromatic rings. The Kier molecular flexibility index (Phi) is 6.95. The van der Waals surface area contributed by atoms with E-state index >= 15 is 0 Å². The standard InChI is InChI=1S/C20H26N2O4S/c1-3-26-17-14-15(4-5-16(17)24-2)8-9-21-20(23)18-6-7-19(27-18)22-10-12-25-13-11-22/h4-7,14H,3,8-13H2,1-2H3,(H,21,23). The van der Waals surface area contributed by atoms with Crippen LogP contribution in [0, 0.1) is 0 Å². The highest BCUT2D eigenvalue weighted by molar-refractivity contribution is 7.18. The minimum absolute atomic E-state index is 0.0296. The summed E-state index contributed by atoms with van der Waals surface area (Å²) >= 11 is 1.53. The third kappa shape index (κ3) is 5.14. The Hall–Kier alpha value is -2.25. The van der Waals surface area contributed by atoms with Gasteiger partial charge >= 0.3 is 0 Å². The lowest BCUT2D eigenvalue weighted by molar-refractivity contribution is 0.0958. The van der Waals surface area contributed by atoms with Gasteiger partial charge in [0.15, 0.2) is 11.5 Å². The fourth-order valence-electron chi connectivity index (χ4n) is 2.96. The summed E-state index contributed by atoms with van der Waals surface area (Å²) in [5, 5.41) is 4.12. The van der Waals surface area contributed by atoms with Gasteiger partial charge in [-0.25, -0.2) is 0 Å². The van der Waals surface area contributed by atoms with Crippen molar-refractivity contribution >= 4 is 22.2 Å². The first kappa shape index (κ1) is 19.5. The number of benzene rings is 1. The van der Waals surface area contributed by atoms with Gasteiger partial charge in [-0.1, -0.05) is 6.07 Å². The Bertz CT molecular complexity index is 756. The molecule has 1 amide bonds. The number of nitrogens with zero attached hydrogens (tertiary/aromatic N) is 1. The van der Waals surface area contributed by atoms with Crippen LogP contribution in [0.15, 0.2) is 30.3 Å². The van der Waals surface area contributed by atoms with Crippen LogP contribution in [0.2, 0.25) is 0 Å². The number of methoxy groups -OCH3 is 1. The number of amides is 1. The van der Waals surface area contributed by atoms with Crippen LogP contribution in [0.1, 0.15) is 22.2 Å². The molecule has 0 unspecified atom stereocenters. The first-order valence-corrected chi connectivity index (χ1v) is 10.0. The van der Waals surface area contributed by atoms with E-state index in [0.717, 1.165) is 59.7 Å². The SMILES string of the molecule is CCOc1cc(CCNC(=O)c2ccc(N3CCOCC3)s2)ccc1OC. The van der Waals surface area contributed by atoms with Crippen LogP contribution in [-0.2, 0) is 11.2 Å². The minimum atomic E-state index is -0.0296. The van der Waals surface area contributed by atoms with Gasteiger partial charge in [-0.15, -0.1) is 11.3 Å². The molecule has 146 valence electrons. The van der Waals surface area contributed by atoms with Crippen LogP contribution in [-0.4, -0.2) is 52.5 Å². The van der Waals surface area contributed by atoms with E-state index < -0.39 is 0 Å². The van der Waals surface area contributed by atoms with Crippen molar-refractivity contribution in [2.24, 2.45) is 0 Å². The molecule has 1 fully saturated rings. The van der Waals surface area contributed by atoms with Crippen molar-refractivity contribution < 1.29 is 19.0 Å². The highest BCUT2D eigenvalue weighted by Gasteiger charge is 2.16. The van der Waals surface area contributed by atoms with Crippen LogP contribution >= 0.6 is 11.3 Å². The molecule has 6 nitrogen and oxygen atoms in total. The lowest BCUT2D eigenvalue weighted by Crippen LogP contribution is -2.35. The summed E-state index contributed by atoms with van der Waals surface area (Å²) in [6.45, 7) is 6.33. The second-order valence-corrected chi connectivity index (χ2v) is 7.22. The maximum Gasteiger partial charge on any atom is 0.261 e. The third-order valence-corrected chi connectivity index (χ3v) is 5.51. The fraction of sp³-hybridized carbons (Fsp3) is 0.450. The molecule has 1 N–H and O–H groups in total. The molecule has 0 spiro atoms. The summed E-state index contributed by atoms with van der Waals surface area (Å²) in [5.74, 6) is 1.43. The molecule has 1 aliphatic heterocycles. The molecule has 1 aliphatic rings. The van der Waals surface area contributed by atoms with Crippen molar-refractivity contribution in [1.82, 2.24) is 5.32 Å². The van der Waals surface area contributed by atoms with Crippen LogP contribution in [0.25, 0.3) is 0 Å². The molecule has 0 aliphatic carbocycles. The molecule has 0 bridgehead atoms. The fourth-order valence-corrected chi connectivity index (χ4v) is 3.93. The molecule has 1 saturated heterocycles. The van der Waals surface area contributed by atoms with Gasteiger partial charge in [-0.3, -0.25) is 4.79 Å². The van der Waals surface area contributed by atoms with E-state index in [4.69, 9.17) is 14.2 Å². The second kappa shape index (κ2) is 9.62. The zero-order valence-electron chi connectivity index (χ0n) is 15.8. The molecule has 1 aromatic heterocycles. The summed E-state index contributed by atoms with van der Waals surface area (Å²) in [7, 11) is 1.63. The second-order valence-electron chi connectivity index (χ2n) is 6.16. The number of hydrogen-bond donors (Lipinski definition) is 1. The number of morpholine rings is 1. The highest BCUT2D eigenvalue weighted by Crippen LogP contribution is 2.28. The van der Waals surface area contributed by atoms with Gasteiger partial charge in [0.25, 0.3) is 5.91 Å². The van der Waals surface area contributed by atoms with Crippen molar-refractivity contribution in [3.8, 4) is 11.5 Å². The zero-order valence-corrected chi connectivity index (χ0v) is 16.6. The average molecular weight is 391 g/mol. The van der Waals surface area contributed by atoms with E-state index in [1.54, 1.807) is 7.11 Å². The van der Waals surface area contributed by atoms with Crippen molar-refractivity contribution in [3.05, 3.63) is 40.8 Å². The van der Waals surface area contributed by atoms with Crippen LogP contribution in [0.3, 0.4) is 0 Å². The van der Waals surface area contributed by atoms with Gasteiger partial charge < -0.3 is 24.4 Å². The monoisotopic (exact) mass is 390 g/mol. The number of ether oxygens (including phenoxy) is 3. The van der Waals surface area contributed by atoms with E-state index in [1.807, 2.05) is 37.3 Å². The third-order valence-electron chi connectivity index (χ3n) is 4.37. The predicted molar refractivity (Wildman–Crippen MR) is 108 cm³/mol. The lowest BCUT2D eigenvalue weighted by atomic mass is 10.1. The largest absolute Gasteiger partial charge is 0.493 e. The maximum atomic E-state index is 12.4. The highest BCUT2D eigenvalue weighted by atomic mass is 32.1. The molecular formula is C20H26N2O4S. The average Bonchev–Trinajstić information content (AvgIpc) is 3.19. The van der Waals surface area contributed by atoms with Crippen molar-refractivity contribution in [1.29, 1.82) is 0 Å². The van der Waals surface area contributed by atoms with Gasteiger partial charge in [-0.05, 0) is 43.2 Å². The van der Waals surface area contributed by atoms with Gasteiger partial charge in [0.2, 0.25) is 0 Å². The maximum absolute atomic E-state index is 12.4. The molecule has 3 rings (SSSR count). The van der Waals surface area contributed by atoms with Crippen molar-refractivity contribution in [2.45, 2.75) is 13.3 Å². The van der Waals surface area contributed by atoms with Crippen LogP contribution in [0.5, 0.6) is 11.5 Å². The molecule has 2 heterocycles. The van der Waals surface area contributed by atoms with Crippen molar-refractivity contribution in [3.63, 3.8) is 0 Å². The quantitative estimate of drug-likeness (QED) is 0.751. The minimum Gasteiger partial charge on any atom is -0.493 e. The van der Waals surface area contributed by atoms with Gasteiger partial charge in [0, 0.05) is 19.6 Å². The van der Waals surface area contributed by atoms with Crippen molar-refractivity contribution in [2.75, 3.05) is 51.5 Å². The molecule has 0 saturated carbocycles. The van der Waals surface area contributed by atoms with E-state index in [2.05, 4.69) is 10.2 Å². The van der Waals surface area contributed by atoms with Gasteiger partial charge in [0.1, 0.15) is 0 Å². The zero-order chi connectivity index (χ0) is 19.1. The molecular weight excluding hydrogens is 364 g/mol. The Labute approximate surface area is 164 Å². The number of carbonyl (C=O) groups is 1. The summed E-state index contributed by atoms with van der Waals surface area (Å²) in [5.41, 5.74) is 1.10. The van der Waals surface area contributed by atoms with Crippen LogP contribution in [0.4, 0.5) is 5.00 Å². The Morgan fingerprint density at radius 1 is 1.22 bits per heavy atom. The summed E-state index contributed by atoms with van der Waals surface area (Å²) in [6, 6.07) is 9.77. The lowest BCUT2D eigenvalue weighted by Gasteiger charge is -2.27. The normalized spacial score (nSPS) is 14.1. The number of anilines is 1. The first-order chi connectivity index (χ1) is 13.2. The molecule has 0 radical (unpaired) electrons. The number of hydrogen-bond acceptors (Lipinski definition) is 6. The number of carbonyl (C=O) groups excluding carboxylic acids is 1. The predicted octanol–water partition coefficient (Wildman–Crippen LogP) is 2.96. The van der Waals surface area contributed by atoms with E-state index in [9.17, 15) is 4.79 Å². The van der Waals surface area contributed by atoms with Crippen LogP contribution < -0.4 is 19.7 Å². The van der Waals surface area contributed by atoms with E-state index in [1.165, 1.54) is 11.3 Å². The Morgan fingerprint density at radius 2 is 2.04 bits per heavy atom. The van der Waals surface area contributed by atoms with E-state index in [0.29, 0.717) is 13.2 Å². The van der Waals surface area contributed by atoms with Gasteiger partial charge in [0.05, 0.1) is 36.8 Å². The first-order valence-electron chi connectivity index (χ1n) is 9.21. The number of nitrogens with one attached hydrogen (secondary N) is 1. The molecule has 0 atom stereocenters. The summed E-state index contributed by atoms with van der Waals surface area (Å²) in [6.07, 6.45) is 0.734. The smallest absolute Gasteiger partial charge is 0.261 e. The summed E-state index contributed by atoms with van der Waals surface area (Å²) in [4.78, 5) is 15.4. The summed E-state index contributed by atoms with van der Waals surface area (Å²) < 4.78 is 16.3. The number of thiophene rings is 1.